The molecule has 3 rings (SSSR count). The molecule has 0 spiro atoms. The second-order valence-corrected chi connectivity index (χ2v) is 5.86. The van der Waals surface area contributed by atoms with Gasteiger partial charge in [0.05, 0.1) is 44.2 Å². The maximum atomic E-state index is 10.1. The minimum Gasteiger partial charge on any atom is -0.389 e. The summed E-state index contributed by atoms with van der Waals surface area (Å²) in [6.45, 7) is 4.81. The molecule has 0 radical (unpaired) electrons. The first-order chi connectivity index (χ1) is 9.81. The van der Waals surface area contributed by atoms with Crippen molar-refractivity contribution in [3.05, 3.63) is 0 Å². The molecule has 4 atom stereocenters. The van der Waals surface area contributed by atoms with E-state index in [1.165, 1.54) is 0 Å². The fourth-order valence-electron chi connectivity index (χ4n) is 3.18. The molecule has 6 nitrogen and oxygen atoms in total. The zero-order valence-electron chi connectivity index (χ0n) is 11.9. The molecule has 3 aliphatic rings. The number of nitrogens with zero attached hydrogens (tertiary/aromatic N) is 1. The highest BCUT2D eigenvalue weighted by molar-refractivity contribution is 4.84. The molecular weight excluding hydrogens is 262 g/mol. The molecule has 3 unspecified atom stereocenters. The normalized spacial score (nSPS) is 36.8. The topological polar surface area (TPSA) is 60.4 Å². The van der Waals surface area contributed by atoms with Gasteiger partial charge in [0.25, 0.3) is 0 Å². The van der Waals surface area contributed by atoms with E-state index in [0.29, 0.717) is 19.9 Å². The zero-order valence-corrected chi connectivity index (χ0v) is 11.9. The zero-order chi connectivity index (χ0) is 13.8. The lowest BCUT2D eigenvalue weighted by Gasteiger charge is -2.31. The van der Waals surface area contributed by atoms with Crippen LogP contribution in [0.25, 0.3) is 0 Å². The van der Waals surface area contributed by atoms with E-state index >= 15 is 0 Å². The average Bonchev–Trinajstić information content (AvgIpc) is 2.93. The van der Waals surface area contributed by atoms with Crippen LogP contribution in [0.15, 0.2) is 0 Å². The molecule has 2 aliphatic heterocycles. The van der Waals surface area contributed by atoms with E-state index in [1.54, 1.807) is 0 Å². The van der Waals surface area contributed by atoms with Crippen molar-refractivity contribution in [1.29, 1.82) is 0 Å². The molecule has 116 valence electrons. The molecule has 0 aromatic heterocycles. The van der Waals surface area contributed by atoms with Gasteiger partial charge in [-0.1, -0.05) is 0 Å². The lowest BCUT2D eigenvalue weighted by atomic mass is 9.92. The predicted molar refractivity (Wildman–Crippen MR) is 71.5 cm³/mol. The summed E-state index contributed by atoms with van der Waals surface area (Å²) in [4.78, 5) is 2.22. The van der Waals surface area contributed by atoms with Gasteiger partial charge in [-0.3, -0.25) is 4.90 Å². The monoisotopic (exact) mass is 287 g/mol. The summed E-state index contributed by atoms with van der Waals surface area (Å²) < 4.78 is 22.2. The largest absolute Gasteiger partial charge is 0.389 e. The third-order valence-corrected chi connectivity index (χ3v) is 4.34. The van der Waals surface area contributed by atoms with Gasteiger partial charge in [0.2, 0.25) is 0 Å². The first-order valence-electron chi connectivity index (χ1n) is 7.64. The molecule has 2 saturated heterocycles. The number of aliphatic hydroxyl groups is 1. The Bertz CT molecular complexity index is 297. The van der Waals surface area contributed by atoms with E-state index < -0.39 is 6.10 Å². The van der Waals surface area contributed by atoms with Gasteiger partial charge >= 0.3 is 0 Å². The molecule has 2 heterocycles. The Kier molecular flexibility index (Phi) is 5.25. The first kappa shape index (κ1) is 14.7. The van der Waals surface area contributed by atoms with E-state index in [-0.39, 0.29) is 18.3 Å². The van der Waals surface area contributed by atoms with Crippen LogP contribution in [0.1, 0.15) is 19.3 Å². The summed E-state index contributed by atoms with van der Waals surface area (Å²) in [5, 5.41) is 10.1. The van der Waals surface area contributed by atoms with Crippen LogP contribution in [-0.4, -0.2) is 80.7 Å². The van der Waals surface area contributed by atoms with Crippen LogP contribution in [0.3, 0.4) is 0 Å². The number of hydrogen-bond acceptors (Lipinski definition) is 6. The van der Waals surface area contributed by atoms with Gasteiger partial charge in [-0.25, -0.2) is 0 Å². The molecule has 0 amide bonds. The number of hydrogen-bond donors (Lipinski definition) is 1. The maximum Gasteiger partial charge on any atom is 0.147 e. The van der Waals surface area contributed by atoms with Crippen LogP contribution in [0.4, 0.5) is 0 Å². The quantitative estimate of drug-likeness (QED) is 0.767. The van der Waals surface area contributed by atoms with Gasteiger partial charge in [0.15, 0.2) is 0 Å². The van der Waals surface area contributed by atoms with Gasteiger partial charge in [-0.2, -0.15) is 0 Å². The van der Waals surface area contributed by atoms with Gasteiger partial charge in [-0.05, 0) is 12.8 Å². The van der Waals surface area contributed by atoms with Crippen molar-refractivity contribution in [3.63, 3.8) is 0 Å². The summed E-state index contributed by atoms with van der Waals surface area (Å²) in [7, 11) is 0. The van der Waals surface area contributed by atoms with Crippen LogP contribution < -0.4 is 0 Å². The fourth-order valence-corrected chi connectivity index (χ4v) is 3.18. The average molecular weight is 287 g/mol. The Morgan fingerprint density at radius 2 is 1.95 bits per heavy atom. The molecule has 0 bridgehead atoms. The van der Waals surface area contributed by atoms with E-state index in [0.717, 1.165) is 45.6 Å². The molecular formula is C14H25NO5. The molecule has 6 heteroatoms. The van der Waals surface area contributed by atoms with Crippen LogP contribution in [0.2, 0.25) is 0 Å². The van der Waals surface area contributed by atoms with Crippen molar-refractivity contribution < 1.29 is 24.1 Å². The van der Waals surface area contributed by atoms with Crippen LogP contribution in [0, 0.1) is 0 Å². The van der Waals surface area contributed by atoms with E-state index in [1.807, 2.05) is 0 Å². The molecule has 3 fully saturated rings. The lowest BCUT2D eigenvalue weighted by Crippen LogP contribution is -2.43. The van der Waals surface area contributed by atoms with Crippen molar-refractivity contribution in [1.82, 2.24) is 4.90 Å². The second-order valence-electron chi connectivity index (χ2n) is 5.86. The SMILES string of the molecule is O[C@H](COC1CCC2OCOC2C1)CN1CCOCC1. The minimum atomic E-state index is -0.424. The Morgan fingerprint density at radius 3 is 2.80 bits per heavy atom. The molecule has 1 saturated carbocycles. The smallest absolute Gasteiger partial charge is 0.147 e. The summed E-state index contributed by atoms with van der Waals surface area (Å²) in [6, 6.07) is 0. The van der Waals surface area contributed by atoms with Gasteiger partial charge in [0, 0.05) is 26.1 Å². The Balaban J connectivity index is 1.34. The van der Waals surface area contributed by atoms with Crippen molar-refractivity contribution in [2.75, 3.05) is 46.2 Å². The Morgan fingerprint density at radius 1 is 1.15 bits per heavy atom. The summed E-state index contributed by atoms with van der Waals surface area (Å²) in [5.41, 5.74) is 0. The molecule has 0 aromatic rings. The number of fused-ring (bicyclic) bond motifs is 1. The van der Waals surface area contributed by atoms with Crippen molar-refractivity contribution in [2.24, 2.45) is 0 Å². The van der Waals surface area contributed by atoms with E-state index in [4.69, 9.17) is 18.9 Å². The Hall–Kier alpha value is -0.240. The number of aliphatic hydroxyl groups excluding tert-OH is 1. The summed E-state index contributed by atoms with van der Waals surface area (Å²) in [6.07, 6.45) is 3.08. The standard InChI is InChI=1S/C14H25NO5/c16-11(8-15-3-5-17-6-4-15)9-18-12-1-2-13-14(7-12)20-10-19-13/h11-14,16H,1-10H2/t11-,12?,13?,14?/m0/s1. The first-order valence-corrected chi connectivity index (χ1v) is 7.64. The maximum absolute atomic E-state index is 10.1. The van der Waals surface area contributed by atoms with Crippen LogP contribution in [0.5, 0.6) is 0 Å². The predicted octanol–water partition coefficient (Wildman–Crippen LogP) is -0.00990. The number of rotatable bonds is 5. The van der Waals surface area contributed by atoms with Gasteiger partial charge < -0.3 is 24.1 Å². The highest BCUT2D eigenvalue weighted by Crippen LogP contribution is 2.30. The fraction of sp³-hybridized carbons (Fsp3) is 1.00. The molecule has 0 aromatic carbocycles. The lowest BCUT2D eigenvalue weighted by molar-refractivity contribution is -0.0651. The molecule has 1 N–H and O–H groups in total. The summed E-state index contributed by atoms with van der Waals surface area (Å²) >= 11 is 0. The van der Waals surface area contributed by atoms with E-state index in [9.17, 15) is 5.11 Å². The third kappa shape index (κ3) is 3.90. The molecule has 1 aliphatic carbocycles. The van der Waals surface area contributed by atoms with Crippen molar-refractivity contribution in [3.8, 4) is 0 Å². The minimum absolute atomic E-state index is 0.185. The third-order valence-electron chi connectivity index (χ3n) is 4.34. The van der Waals surface area contributed by atoms with Crippen LogP contribution >= 0.6 is 0 Å². The van der Waals surface area contributed by atoms with Gasteiger partial charge in [0.1, 0.15) is 6.79 Å². The highest BCUT2D eigenvalue weighted by Gasteiger charge is 2.36. The van der Waals surface area contributed by atoms with Crippen molar-refractivity contribution in [2.45, 2.75) is 43.7 Å². The number of ether oxygens (including phenoxy) is 4. The molecule has 20 heavy (non-hydrogen) atoms. The highest BCUT2D eigenvalue weighted by atomic mass is 16.7. The summed E-state index contributed by atoms with van der Waals surface area (Å²) in [5.74, 6) is 0. The van der Waals surface area contributed by atoms with E-state index in [2.05, 4.69) is 4.90 Å². The Labute approximate surface area is 119 Å². The van der Waals surface area contributed by atoms with Gasteiger partial charge in [-0.15, -0.1) is 0 Å². The van der Waals surface area contributed by atoms with Crippen LogP contribution in [-0.2, 0) is 18.9 Å². The number of morpholine rings is 1. The van der Waals surface area contributed by atoms with Crippen molar-refractivity contribution >= 4 is 0 Å². The second kappa shape index (κ2) is 7.15. The number of β-amino-alcohol motifs (C(OH)–C–C–N with tert-alkyl or cyclic N) is 1.